The number of carbonyl (C=O) groups is 2. The minimum Gasteiger partial charge on any atom is -0.466 e. The quantitative estimate of drug-likeness (QED) is 0.0321. The highest BCUT2D eigenvalue weighted by Gasteiger charge is 2.18. The summed E-state index contributed by atoms with van der Waals surface area (Å²) in [6.45, 7) is 4.87. The lowest BCUT2D eigenvalue weighted by atomic mass is 10.0. The number of hydrogen-bond acceptors (Lipinski definition) is 5. The smallest absolute Gasteiger partial charge is 0.305 e. The Morgan fingerprint density at radius 2 is 0.746 bits per heavy atom. The zero-order valence-corrected chi connectivity index (χ0v) is 42.3. The van der Waals surface area contributed by atoms with E-state index in [2.05, 4.69) is 31.3 Å². The van der Waals surface area contributed by atoms with Crippen LogP contribution in [-0.4, -0.2) is 47.4 Å². The highest BCUT2D eigenvalue weighted by Crippen LogP contribution is 2.16. The molecule has 0 aliphatic heterocycles. The zero-order chi connectivity index (χ0) is 45.8. The van der Waals surface area contributed by atoms with Gasteiger partial charge in [-0.05, 0) is 57.8 Å². The second-order valence-corrected chi connectivity index (χ2v) is 19.3. The van der Waals surface area contributed by atoms with Gasteiger partial charge in [0.15, 0.2) is 0 Å². The molecule has 0 saturated heterocycles. The van der Waals surface area contributed by atoms with Gasteiger partial charge in [0.05, 0.1) is 25.4 Å². The Bertz CT molecular complexity index is 982. The molecule has 2 atom stereocenters. The number of carbonyl (C=O) groups excluding carboxylic acids is 2. The van der Waals surface area contributed by atoms with Crippen LogP contribution < -0.4 is 5.32 Å². The summed E-state index contributed by atoms with van der Waals surface area (Å²) in [5.74, 6) is -0.0935. The number of aliphatic hydroxyl groups excluding tert-OH is 2. The second kappa shape index (κ2) is 53.0. The summed E-state index contributed by atoms with van der Waals surface area (Å²) in [7, 11) is 0. The number of allylic oxidation sites excluding steroid dienone is 3. The summed E-state index contributed by atoms with van der Waals surface area (Å²) in [5, 5.41) is 23.1. The maximum Gasteiger partial charge on any atom is 0.305 e. The van der Waals surface area contributed by atoms with E-state index in [1.807, 2.05) is 6.08 Å². The third-order valence-electron chi connectivity index (χ3n) is 13.0. The number of unbranched alkanes of at least 4 members (excludes halogenated alkanes) is 39. The van der Waals surface area contributed by atoms with Crippen molar-refractivity contribution in [2.45, 2.75) is 315 Å². The van der Waals surface area contributed by atoms with E-state index >= 15 is 0 Å². The van der Waals surface area contributed by atoms with Crippen LogP contribution in [0.4, 0.5) is 0 Å². The maximum atomic E-state index is 12.4. The number of hydrogen-bond donors (Lipinski definition) is 3. The molecule has 2 unspecified atom stereocenters. The lowest BCUT2D eigenvalue weighted by Gasteiger charge is -2.20. The fourth-order valence-corrected chi connectivity index (χ4v) is 8.63. The third-order valence-corrected chi connectivity index (χ3v) is 13.0. The Labute approximate surface area is 392 Å². The standard InChI is InChI=1S/C57H109NO5/c1-3-5-7-9-11-13-15-17-19-20-21-22-24-26-31-35-39-43-47-51-57(62)63-52-48-44-40-36-32-28-27-30-34-38-42-46-50-56(61)58-54(53-59)55(60)49-45-41-37-33-29-25-23-18-16-14-12-10-8-6-4-2/h17,19,45,49,54-55,59-60H,3-16,18,20-44,46-48,50-53H2,1-2H3,(H,58,61)/b19-17-,49-45+. The second-order valence-electron chi connectivity index (χ2n) is 19.3. The van der Waals surface area contributed by atoms with E-state index in [4.69, 9.17) is 4.74 Å². The van der Waals surface area contributed by atoms with Gasteiger partial charge in [0.2, 0.25) is 5.91 Å². The third kappa shape index (κ3) is 49.6. The number of ether oxygens (including phenoxy) is 1. The Kier molecular flexibility index (Phi) is 51.6. The number of amides is 1. The normalized spacial score (nSPS) is 12.8. The van der Waals surface area contributed by atoms with Crippen molar-refractivity contribution < 1.29 is 24.5 Å². The predicted octanol–water partition coefficient (Wildman–Crippen LogP) is 17.1. The van der Waals surface area contributed by atoms with Gasteiger partial charge in [0.1, 0.15) is 0 Å². The summed E-state index contributed by atoms with van der Waals surface area (Å²) < 4.78 is 5.48. The first-order valence-electron chi connectivity index (χ1n) is 28.1. The van der Waals surface area contributed by atoms with Gasteiger partial charge in [-0.3, -0.25) is 9.59 Å². The van der Waals surface area contributed by atoms with Gasteiger partial charge in [-0.15, -0.1) is 0 Å². The average molecular weight is 889 g/mol. The summed E-state index contributed by atoms with van der Waals surface area (Å²) in [6.07, 6.45) is 63.3. The van der Waals surface area contributed by atoms with Crippen molar-refractivity contribution in [2.24, 2.45) is 0 Å². The van der Waals surface area contributed by atoms with Crippen molar-refractivity contribution in [1.82, 2.24) is 5.32 Å². The van der Waals surface area contributed by atoms with Gasteiger partial charge >= 0.3 is 5.97 Å². The lowest BCUT2D eigenvalue weighted by Crippen LogP contribution is -2.45. The molecule has 0 fully saturated rings. The number of esters is 1. The first-order valence-corrected chi connectivity index (χ1v) is 28.1. The average Bonchev–Trinajstić information content (AvgIpc) is 3.28. The molecular weight excluding hydrogens is 779 g/mol. The van der Waals surface area contributed by atoms with Gasteiger partial charge in [0, 0.05) is 12.8 Å². The van der Waals surface area contributed by atoms with E-state index in [1.165, 1.54) is 218 Å². The molecule has 0 aromatic rings. The fraction of sp³-hybridized carbons (Fsp3) is 0.895. The molecular formula is C57H109NO5. The molecule has 0 aliphatic rings. The highest BCUT2D eigenvalue weighted by atomic mass is 16.5. The van der Waals surface area contributed by atoms with Gasteiger partial charge < -0.3 is 20.3 Å². The number of nitrogens with one attached hydrogen (secondary N) is 1. The molecule has 0 aliphatic carbocycles. The van der Waals surface area contributed by atoms with Crippen LogP contribution in [0, 0.1) is 0 Å². The molecule has 3 N–H and O–H groups in total. The molecule has 0 spiro atoms. The molecule has 6 nitrogen and oxygen atoms in total. The zero-order valence-electron chi connectivity index (χ0n) is 42.3. The van der Waals surface area contributed by atoms with E-state index < -0.39 is 12.1 Å². The Morgan fingerprint density at radius 3 is 1.13 bits per heavy atom. The minimum absolute atomic E-state index is 0.0111. The molecule has 0 heterocycles. The van der Waals surface area contributed by atoms with E-state index in [9.17, 15) is 19.8 Å². The van der Waals surface area contributed by atoms with Crippen LogP contribution in [0.1, 0.15) is 303 Å². The van der Waals surface area contributed by atoms with Crippen LogP contribution in [0.15, 0.2) is 24.3 Å². The fourth-order valence-electron chi connectivity index (χ4n) is 8.63. The SMILES string of the molecule is CCCCCCCC/C=C\CCCCCCCCCCCC(=O)OCCCCCCCCCCCCCCC(=O)NC(CO)C(O)/C=C/CCCCCCCCCCCCCCC. The van der Waals surface area contributed by atoms with Crippen molar-refractivity contribution in [3.05, 3.63) is 24.3 Å². The van der Waals surface area contributed by atoms with Crippen molar-refractivity contribution in [1.29, 1.82) is 0 Å². The minimum atomic E-state index is -0.854. The molecule has 0 aromatic carbocycles. The topological polar surface area (TPSA) is 95.9 Å². The van der Waals surface area contributed by atoms with E-state index in [0.717, 1.165) is 57.8 Å². The van der Waals surface area contributed by atoms with E-state index in [0.29, 0.717) is 19.4 Å². The molecule has 0 saturated carbocycles. The lowest BCUT2D eigenvalue weighted by molar-refractivity contribution is -0.143. The van der Waals surface area contributed by atoms with Crippen molar-refractivity contribution >= 4 is 11.9 Å². The first kappa shape index (κ1) is 61.3. The molecule has 0 aromatic heterocycles. The number of aliphatic hydroxyl groups is 2. The molecule has 372 valence electrons. The van der Waals surface area contributed by atoms with Gasteiger partial charge in [-0.2, -0.15) is 0 Å². The van der Waals surface area contributed by atoms with Crippen molar-refractivity contribution in [3.8, 4) is 0 Å². The number of rotatable bonds is 52. The Balaban J connectivity index is 3.46. The van der Waals surface area contributed by atoms with Crippen molar-refractivity contribution in [2.75, 3.05) is 13.2 Å². The summed E-state index contributed by atoms with van der Waals surface area (Å²) in [4.78, 5) is 24.5. The van der Waals surface area contributed by atoms with Crippen LogP contribution >= 0.6 is 0 Å². The van der Waals surface area contributed by atoms with Gasteiger partial charge in [0.25, 0.3) is 0 Å². The van der Waals surface area contributed by atoms with E-state index in [-0.39, 0.29) is 18.5 Å². The van der Waals surface area contributed by atoms with Crippen LogP contribution in [0.2, 0.25) is 0 Å². The Hall–Kier alpha value is -1.66. The van der Waals surface area contributed by atoms with Crippen LogP contribution in [0.3, 0.4) is 0 Å². The molecule has 1 amide bonds. The van der Waals surface area contributed by atoms with Crippen LogP contribution in [0.25, 0.3) is 0 Å². The van der Waals surface area contributed by atoms with Crippen molar-refractivity contribution in [3.63, 3.8) is 0 Å². The predicted molar refractivity (Wildman–Crippen MR) is 273 cm³/mol. The van der Waals surface area contributed by atoms with Gasteiger partial charge in [-0.25, -0.2) is 0 Å². The Morgan fingerprint density at radius 1 is 0.429 bits per heavy atom. The molecule has 0 bridgehead atoms. The molecule has 0 rings (SSSR count). The summed E-state index contributed by atoms with van der Waals surface area (Å²) in [6, 6.07) is -0.639. The van der Waals surface area contributed by atoms with Crippen LogP contribution in [-0.2, 0) is 14.3 Å². The molecule has 63 heavy (non-hydrogen) atoms. The van der Waals surface area contributed by atoms with Crippen LogP contribution in [0.5, 0.6) is 0 Å². The first-order chi connectivity index (χ1) is 31.0. The summed E-state index contributed by atoms with van der Waals surface area (Å²) in [5.41, 5.74) is 0. The monoisotopic (exact) mass is 888 g/mol. The largest absolute Gasteiger partial charge is 0.466 e. The summed E-state index contributed by atoms with van der Waals surface area (Å²) >= 11 is 0. The van der Waals surface area contributed by atoms with Gasteiger partial charge in [-0.1, -0.05) is 256 Å². The molecule has 0 radical (unpaired) electrons. The molecule has 6 heteroatoms. The van der Waals surface area contributed by atoms with E-state index in [1.54, 1.807) is 6.08 Å². The maximum absolute atomic E-state index is 12.4. The highest BCUT2D eigenvalue weighted by molar-refractivity contribution is 5.76.